The molecule has 0 amide bonds. The van der Waals surface area contributed by atoms with Gasteiger partial charge in [-0.25, -0.2) is 0 Å². The third-order valence-electron chi connectivity index (χ3n) is 3.96. The number of hydrogen-bond acceptors (Lipinski definition) is 1. The lowest BCUT2D eigenvalue weighted by atomic mass is 9.76. The second kappa shape index (κ2) is 7.67. The maximum atomic E-state index is 9.64. The van der Waals surface area contributed by atoms with Gasteiger partial charge in [-0.05, 0) is 47.8 Å². The molecule has 1 heteroatoms. The molecule has 0 rings (SSSR count). The van der Waals surface area contributed by atoms with Crippen molar-refractivity contribution in [3.05, 3.63) is 0 Å². The standard InChI is InChI=1S/C18H38O/c1-14(11-17(3,4)5)9-10-16(13-19)15(2)12-18(6,7)8/h14-16,19H,9-13H2,1-8H3/t14-,15-,16-/m1/s1. The molecule has 1 nitrogen and oxygen atoms in total. The second-order valence-electron chi connectivity index (χ2n) is 9.13. The Morgan fingerprint density at radius 3 is 1.63 bits per heavy atom. The fraction of sp³-hybridized carbons (Fsp3) is 1.00. The van der Waals surface area contributed by atoms with Crippen molar-refractivity contribution in [2.75, 3.05) is 6.61 Å². The van der Waals surface area contributed by atoms with Gasteiger partial charge in [0, 0.05) is 6.61 Å². The molecule has 0 heterocycles. The molecule has 3 atom stereocenters. The molecule has 0 fully saturated rings. The Bertz CT molecular complexity index is 231. The van der Waals surface area contributed by atoms with Gasteiger partial charge in [0.2, 0.25) is 0 Å². The lowest BCUT2D eigenvalue weighted by Crippen LogP contribution is -2.22. The van der Waals surface area contributed by atoms with E-state index in [1.807, 2.05) is 0 Å². The Kier molecular flexibility index (Phi) is 7.65. The average Bonchev–Trinajstić information content (AvgIpc) is 2.12. The molecular weight excluding hydrogens is 232 g/mol. The van der Waals surface area contributed by atoms with Crippen molar-refractivity contribution in [1.29, 1.82) is 0 Å². The minimum Gasteiger partial charge on any atom is -0.396 e. The van der Waals surface area contributed by atoms with Gasteiger partial charge in [0.05, 0.1) is 0 Å². The molecule has 0 aliphatic rings. The van der Waals surface area contributed by atoms with Gasteiger partial charge in [-0.1, -0.05) is 61.8 Å². The SMILES string of the molecule is C[C@H](CC[C@H](CO)[C@H](C)CC(C)(C)C)CC(C)(C)C. The van der Waals surface area contributed by atoms with E-state index in [0.29, 0.717) is 29.3 Å². The molecule has 19 heavy (non-hydrogen) atoms. The molecule has 0 aromatic heterocycles. The van der Waals surface area contributed by atoms with Crippen molar-refractivity contribution in [3.63, 3.8) is 0 Å². The maximum Gasteiger partial charge on any atom is 0.0461 e. The molecule has 0 radical (unpaired) electrons. The Balaban J connectivity index is 4.19. The minimum atomic E-state index is 0.347. The topological polar surface area (TPSA) is 20.2 Å². The normalized spacial score (nSPS) is 18.2. The van der Waals surface area contributed by atoms with Crippen LogP contribution in [-0.4, -0.2) is 11.7 Å². The molecule has 0 aromatic rings. The minimum absolute atomic E-state index is 0.347. The third-order valence-corrected chi connectivity index (χ3v) is 3.96. The first-order valence-electron chi connectivity index (χ1n) is 8.05. The maximum absolute atomic E-state index is 9.64. The quantitative estimate of drug-likeness (QED) is 0.646. The van der Waals surface area contributed by atoms with Crippen LogP contribution in [0.3, 0.4) is 0 Å². The fourth-order valence-corrected chi connectivity index (χ4v) is 3.33. The van der Waals surface area contributed by atoms with E-state index in [0.717, 1.165) is 5.92 Å². The lowest BCUT2D eigenvalue weighted by molar-refractivity contribution is 0.135. The van der Waals surface area contributed by atoms with Crippen LogP contribution in [0.25, 0.3) is 0 Å². The van der Waals surface area contributed by atoms with Crippen molar-refractivity contribution in [1.82, 2.24) is 0 Å². The van der Waals surface area contributed by atoms with Crippen molar-refractivity contribution < 1.29 is 5.11 Å². The lowest BCUT2D eigenvalue weighted by Gasteiger charge is -2.30. The van der Waals surface area contributed by atoms with Crippen LogP contribution in [0.15, 0.2) is 0 Å². The Hall–Kier alpha value is -0.0400. The van der Waals surface area contributed by atoms with Crippen LogP contribution in [0.5, 0.6) is 0 Å². The van der Waals surface area contributed by atoms with Gasteiger partial charge in [-0.2, -0.15) is 0 Å². The third kappa shape index (κ3) is 10.4. The largest absolute Gasteiger partial charge is 0.396 e. The van der Waals surface area contributed by atoms with Crippen LogP contribution >= 0.6 is 0 Å². The zero-order valence-corrected chi connectivity index (χ0v) is 14.7. The molecular formula is C18H38O. The zero-order chi connectivity index (χ0) is 15.3. The van der Waals surface area contributed by atoms with Crippen LogP contribution in [0.2, 0.25) is 0 Å². The van der Waals surface area contributed by atoms with E-state index in [-0.39, 0.29) is 0 Å². The molecule has 0 saturated carbocycles. The fourth-order valence-electron chi connectivity index (χ4n) is 3.33. The van der Waals surface area contributed by atoms with Gasteiger partial charge in [-0.15, -0.1) is 0 Å². The highest BCUT2D eigenvalue weighted by Crippen LogP contribution is 2.33. The highest BCUT2D eigenvalue weighted by Gasteiger charge is 2.23. The van der Waals surface area contributed by atoms with Crippen LogP contribution in [0, 0.1) is 28.6 Å². The summed E-state index contributed by atoms with van der Waals surface area (Å²) in [5, 5.41) is 9.64. The van der Waals surface area contributed by atoms with E-state index >= 15 is 0 Å². The Morgan fingerprint density at radius 1 is 0.789 bits per heavy atom. The van der Waals surface area contributed by atoms with Crippen LogP contribution in [0.1, 0.15) is 81.1 Å². The van der Waals surface area contributed by atoms with E-state index < -0.39 is 0 Å². The molecule has 0 bridgehead atoms. The molecule has 0 saturated heterocycles. The van der Waals surface area contributed by atoms with Crippen LogP contribution in [0.4, 0.5) is 0 Å². The summed E-state index contributed by atoms with van der Waals surface area (Å²) in [6.45, 7) is 18.8. The highest BCUT2D eigenvalue weighted by molar-refractivity contribution is 4.74. The Morgan fingerprint density at radius 2 is 1.26 bits per heavy atom. The number of aliphatic hydroxyl groups excluding tert-OH is 1. The number of rotatable bonds is 7. The molecule has 0 aromatic carbocycles. The van der Waals surface area contributed by atoms with Gasteiger partial charge in [0.15, 0.2) is 0 Å². The second-order valence-corrected chi connectivity index (χ2v) is 9.13. The summed E-state index contributed by atoms with van der Waals surface area (Å²) in [5.74, 6) is 1.85. The number of hydrogen-bond donors (Lipinski definition) is 1. The highest BCUT2D eigenvalue weighted by atomic mass is 16.3. The molecule has 0 aliphatic carbocycles. The predicted octanol–water partition coefficient (Wildman–Crippen LogP) is 5.52. The molecule has 116 valence electrons. The summed E-state index contributed by atoms with van der Waals surface area (Å²) in [5.41, 5.74) is 0.787. The van der Waals surface area contributed by atoms with Gasteiger partial charge in [0.1, 0.15) is 0 Å². The van der Waals surface area contributed by atoms with Crippen molar-refractivity contribution in [2.45, 2.75) is 81.1 Å². The van der Waals surface area contributed by atoms with Gasteiger partial charge in [0.25, 0.3) is 0 Å². The van der Waals surface area contributed by atoms with E-state index in [1.54, 1.807) is 0 Å². The van der Waals surface area contributed by atoms with Gasteiger partial charge >= 0.3 is 0 Å². The smallest absolute Gasteiger partial charge is 0.0461 e. The molecule has 0 aliphatic heterocycles. The van der Waals surface area contributed by atoms with Gasteiger partial charge < -0.3 is 5.11 Å². The predicted molar refractivity (Wildman–Crippen MR) is 86.3 cm³/mol. The van der Waals surface area contributed by atoms with E-state index in [4.69, 9.17) is 0 Å². The van der Waals surface area contributed by atoms with E-state index in [1.165, 1.54) is 25.7 Å². The van der Waals surface area contributed by atoms with Crippen molar-refractivity contribution in [2.24, 2.45) is 28.6 Å². The molecule has 0 spiro atoms. The van der Waals surface area contributed by atoms with Crippen LogP contribution in [-0.2, 0) is 0 Å². The first-order chi connectivity index (χ1) is 8.44. The first-order valence-corrected chi connectivity index (χ1v) is 8.05. The van der Waals surface area contributed by atoms with E-state index in [2.05, 4.69) is 55.4 Å². The van der Waals surface area contributed by atoms with Crippen molar-refractivity contribution >= 4 is 0 Å². The summed E-state index contributed by atoms with van der Waals surface area (Å²) in [7, 11) is 0. The first kappa shape index (κ1) is 19.0. The summed E-state index contributed by atoms with van der Waals surface area (Å²) in [6.07, 6.45) is 4.90. The van der Waals surface area contributed by atoms with Gasteiger partial charge in [-0.3, -0.25) is 0 Å². The summed E-state index contributed by atoms with van der Waals surface area (Å²) in [4.78, 5) is 0. The molecule has 1 N–H and O–H groups in total. The molecule has 0 unspecified atom stereocenters. The summed E-state index contributed by atoms with van der Waals surface area (Å²) in [6, 6.07) is 0. The zero-order valence-electron chi connectivity index (χ0n) is 14.7. The summed E-state index contributed by atoms with van der Waals surface area (Å²) >= 11 is 0. The Labute approximate surface area is 122 Å². The van der Waals surface area contributed by atoms with Crippen LogP contribution < -0.4 is 0 Å². The summed E-state index contributed by atoms with van der Waals surface area (Å²) < 4.78 is 0. The van der Waals surface area contributed by atoms with E-state index in [9.17, 15) is 5.11 Å². The monoisotopic (exact) mass is 270 g/mol. The van der Waals surface area contributed by atoms with Crippen molar-refractivity contribution in [3.8, 4) is 0 Å². The number of aliphatic hydroxyl groups is 1. The average molecular weight is 271 g/mol.